The summed E-state index contributed by atoms with van der Waals surface area (Å²) < 4.78 is 18.8. The van der Waals surface area contributed by atoms with E-state index in [-0.39, 0.29) is 24.2 Å². The molecule has 5 nitrogen and oxygen atoms in total. The number of hydrogen-bond acceptors (Lipinski definition) is 4. The Balaban J connectivity index is 1.45. The van der Waals surface area contributed by atoms with Crippen molar-refractivity contribution >= 4 is 29.3 Å². The van der Waals surface area contributed by atoms with Crippen LogP contribution in [0.5, 0.6) is 5.75 Å². The van der Waals surface area contributed by atoms with Crippen LogP contribution in [0.25, 0.3) is 0 Å². The maximum absolute atomic E-state index is 13.5. The minimum atomic E-state index is -0.213. The summed E-state index contributed by atoms with van der Waals surface area (Å²) >= 11 is 1.55. The molecule has 3 rings (SSSR count). The van der Waals surface area contributed by atoms with Crippen molar-refractivity contribution in [3.05, 3.63) is 59.4 Å². The molecule has 1 aliphatic rings. The van der Waals surface area contributed by atoms with Gasteiger partial charge in [0.05, 0.1) is 5.69 Å². The SMILES string of the molecule is O=C1COc2cc(C(=O)NCCSCc3ccccc3F)ccc2N1. The summed E-state index contributed by atoms with van der Waals surface area (Å²) in [5.74, 6) is 1.10. The number of nitrogens with one attached hydrogen (secondary N) is 2. The number of carbonyl (C=O) groups is 2. The van der Waals surface area contributed by atoms with Crippen molar-refractivity contribution in [3.8, 4) is 5.75 Å². The molecule has 1 heterocycles. The lowest BCUT2D eigenvalue weighted by Gasteiger charge is -2.18. The number of benzene rings is 2. The highest BCUT2D eigenvalue weighted by Crippen LogP contribution is 2.28. The molecule has 0 saturated heterocycles. The van der Waals surface area contributed by atoms with Crippen molar-refractivity contribution in [2.45, 2.75) is 5.75 Å². The molecule has 0 unspecified atom stereocenters. The second kappa shape index (κ2) is 8.02. The number of ether oxygens (including phenoxy) is 1. The van der Waals surface area contributed by atoms with Gasteiger partial charge in [-0.25, -0.2) is 4.39 Å². The second-order valence-electron chi connectivity index (χ2n) is 5.45. The van der Waals surface area contributed by atoms with Gasteiger partial charge in [0.25, 0.3) is 11.8 Å². The summed E-state index contributed by atoms with van der Waals surface area (Å²) in [4.78, 5) is 23.4. The lowest BCUT2D eigenvalue weighted by atomic mass is 10.1. The molecule has 130 valence electrons. The van der Waals surface area contributed by atoms with E-state index in [0.717, 1.165) is 0 Å². The van der Waals surface area contributed by atoms with Crippen LogP contribution in [-0.4, -0.2) is 30.7 Å². The zero-order chi connectivity index (χ0) is 17.6. The summed E-state index contributed by atoms with van der Waals surface area (Å²) in [5, 5.41) is 5.50. The highest BCUT2D eigenvalue weighted by Gasteiger charge is 2.17. The van der Waals surface area contributed by atoms with Gasteiger partial charge in [-0.1, -0.05) is 18.2 Å². The summed E-state index contributed by atoms with van der Waals surface area (Å²) in [5.41, 5.74) is 1.69. The van der Waals surface area contributed by atoms with Crippen molar-refractivity contribution in [2.24, 2.45) is 0 Å². The van der Waals surface area contributed by atoms with Gasteiger partial charge in [-0.15, -0.1) is 0 Å². The van der Waals surface area contributed by atoms with Crippen molar-refractivity contribution in [1.82, 2.24) is 5.32 Å². The summed E-state index contributed by atoms with van der Waals surface area (Å²) in [6.45, 7) is 0.428. The fourth-order valence-electron chi connectivity index (χ4n) is 2.35. The van der Waals surface area contributed by atoms with Crippen LogP contribution < -0.4 is 15.4 Å². The van der Waals surface area contributed by atoms with Gasteiger partial charge in [0.2, 0.25) is 0 Å². The molecule has 7 heteroatoms. The Hall–Kier alpha value is -2.54. The lowest BCUT2D eigenvalue weighted by Crippen LogP contribution is -2.27. The van der Waals surface area contributed by atoms with Crippen molar-refractivity contribution < 1.29 is 18.7 Å². The number of amides is 2. The van der Waals surface area contributed by atoms with Crippen LogP contribution in [0.4, 0.5) is 10.1 Å². The van der Waals surface area contributed by atoms with E-state index in [4.69, 9.17) is 4.74 Å². The third kappa shape index (κ3) is 4.51. The Labute approximate surface area is 148 Å². The summed E-state index contributed by atoms with van der Waals surface area (Å²) in [6, 6.07) is 11.6. The molecule has 2 amide bonds. The molecule has 0 radical (unpaired) electrons. The predicted octanol–water partition coefficient (Wildman–Crippen LogP) is 2.82. The average Bonchev–Trinajstić information content (AvgIpc) is 2.62. The van der Waals surface area contributed by atoms with Crippen molar-refractivity contribution in [3.63, 3.8) is 0 Å². The lowest BCUT2D eigenvalue weighted by molar-refractivity contribution is -0.118. The quantitative estimate of drug-likeness (QED) is 0.778. The Morgan fingerprint density at radius 1 is 1.28 bits per heavy atom. The molecule has 2 N–H and O–H groups in total. The molecule has 25 heavy (non-hydrogen) atoms. The predicted molar refractivity (Wildman–Crippen MR) is 95.5 cm³/mol. The summed E-state index contributed by atoms with van der Waals surface area (Å²) in [6.07, 6.45) is 0. The molecule has 0 aromatic heterocycles. The third-order valence-corrected chi connectivity index (χ3v) is 4.63. The van der Waals surface area contributed by atoms with Crippen LogP contribution in [0, 0.1) is 5.82 Å². The Kier molecular flexibility index (Phi) is 5.55. The van der Waals surface area contributed by atoms with Gasteiger partial charge in [-0.3, -0.25) is 9.59 Å². The first-order valence-electron chi connectivity index (χ1n) is 7.79. The number of fused-ring (bicyclic) bond motifs is 1. The van der Waals surface area contributed by atoms with E-state index in [1.54, 1.807) is 48.2 Å². The highest BCUT2D eigenvalue weighted by molar-refractivity contribution is 7.98. The highest BCUT2D eigenvalue weighted by atomic mass is 32.2. The van der Waals surface area contributed by atoms with Gasteiger partial charge in [0.15, 0.2) is 6.61 Å². The average molecular weight is 360 g/mol. The first kappa shape index (κ1) is 17.3. The minimum Gasteiger partial charge on any atom is -0.482 e. The van der Waals surface area contributed by atoms with E-state index in [2.05, 4.69) is 10.6 Å². The maximum atomic E-state index is 13.5. The summed E-state index contributed by atoms with van der Waals surface area (Å²) in [7, 11) is 0. The van der Waals surface area contributed by atoms with Gasteiger partial charge in [-0.2, -0.15) is 11.8 Å². The van der Waals surface area contributed by atoms with Crippen LogP contribution in [0.3, 0.4) is 0 Å². The molecule has 2 aromatic carbocycles. The molecular weight excluding hydrogens is 343 g/mol. The number of carbonyl (C=O) groups excluding carboxylic acids is 2. The molecule has 0 atom stereocenters. The van der Waals surface area contributed by atoms with Gasteiger partial charge >= 0.3 is 0 Å². The Morgan fingerprint density at radius 3 is 2.96 bits per heavy atom. The monoisotopic (exact) mass is 360 g/mol. The number of halogens is 1. The van der Waals surface area contributed by atoms with Crippen LogP contribution in [0.2, 0.25) is 0 Å². The van der Waals surface area contributed by atoms with E-state index >= 15 is 0 Å². The van der Waals surface area contributed by atoms with E-state index in [0.29, 0.717) is 40.6 Å². The first-order chi connectivity index (χ1) is 12.1. The molecule has 0 spiro atoms. The first-order valence-corrected chi connectivity index (χ1v) is 8.95. The number of thioether (sulfide) groups is 1. The van der Waals surface area contributed by atoms with E-state index in [1.807, 2.05) is 0 Å². The Bertz CT molecular complexity index is 798. The van der Waals surface area contributed by atoms with Crippen LogP contribution in [0.15, 0.2) is 42.5 Å². The molecule has 2 aromatic rings. The van der Waals surface area contributed by atoms with Crippen LogP contribution in [-0.2, 0) is 10.5 Å². The fraction of sp³-hybridized carbons (Fsp3) is 0.222. The molecule has 0 fully saturated rings. The smallest absolute Gasteiger partial charge is 0.262 e. The van der Waals surface area contributed by atoms with E-state index in [1.165, 1.54) is 6.07 Å². The minimum absolute atomic E-state index is 0.0508. The van der Waals surface area contributed by atoms with Crippen molar-refractivity contribution in [1.29, 1.82) is 0 Å². The molecule has 0 bridgehead atoms. The zero-order valence-corrected chi connectivity index (χ0v) is 14.2. The van der Waals surface area contributed by atoms with Gasteiger partial charge in [-0.05, 0) is 29.8 Å². The fourth-order valence-corrected chi connectivity index (χ4v) is 3.20. The normalized spacial score (nSPS) is 12.8. The maximum Gasteiger partial charge on any atom is 0.262 e. The van der Waals surface area contributed by atoms with Crippen LogP contribution in [0.1, 0.15) is 15.9 Å². The van der Waals surface area contributed by atoms with Gasteiger partial charge in [0.1, 0.15) is 11.6 Å². The number of rotatable bonds is 6. The number of anilines is 1. The standard InChI is InChI=1S/C18H17FN2O3S/c19-14-4-2-1-3-13(14)11-25-8-7-20-18(23)12-5-6-15-16(9-12)24-10-17(22)21-15/h1-6,9H,7-8,10-11H2,(H,20,23)(H,21,22). The zero-order valence-electron chi connectivity index (χ0n) is 13.4. The van der Waals surface area contributed by atoms with Gasteiger partial charge < -0.3 is 15.4 Å². The van der Waals surface area contributed by atoms with Crippen molar-refractivity contribution in [2.75, 3.05) is 24.2 Å². The van der Waals surface area contributed by atoms with Gasteiger partial charge in [0, 0.05) is 23.6 Å². The topological polar surface area (TPSA) is 67.4 Å². The van der Waals surface area contributed by atoms with E-state index in [9.17, 15) is 14.0 Å². The molecule has 0 saturated carbocycles. The largest absolute Gasteiger partial charge is 0.482 e. The molecule has 0 aliphatic carbocycles. The molecule has 1 aliphatic heterocycles. The van der Waals surface area contributed by atoms with Crippen LogP contribution >= 0.6 is 11.8 Å². The second-order valence-corrected chi connectivity index (χ2v) is 6.55. The van der Waals surface area contributed by atoms with E-state index < -0.39 is 0 Å². The third-order valence-electron chi connectivity index (χ3n) is 3.62. The number of hydrogen-bond donors (Lipinski definition) is 2. The molecular formula is C18H17FN2O3S. The Morgan fingerprint density at radius 2 is 2.12 bits per heavy atom.